The summed E-state index contributed by atoms with van der Waals surface area (Å²) in [4.78, 5) is 15.3. The largest absolute Gasteiger partial charge is 0.497 e. The van der Waals surface area contributed by atoms with E-state index in [-0.39, 0.29) is 11.8 Å². The molecule has 1 N–H and O–H groups in total. The van der Waals surface area contributed by atoms with Crippen LogP contribution in [0.1, 0.15) is 31.2 Å². The number of hydrogen-bond acceptors (Lipinski definition) is 4. The SMILES string of the molecule is COc1ccc2c(c1)OC[C@H](C(=O)N[C@@H]1CCN3CCCC[C@@H]13)C2. The average Bonchev–Trinajstić information content (AvgIpc) is 3.04. The third-order valence-electron chi connectivity index (χ3n) is 5.74. The van der Waals surface area contributed by atoms with E-state index in [1.54, 1.807) is 7.11 Å². The molecule has 1 aromatic rings. The van der Waals surface area contributed by atoms with Crippen LogP contribution in [0.2, 0.25) is 0 Å². The molecule has 0 radical (unpaired) electrons. The van der Waals surface area contributed by atoms with Gasteiger partial charge < -0.3 is 14.8 Å². The van der Waals surface area contributed by atoms with Crippen LogP contribution in [-0.2, 0) is 11.2 Å². The van der Waals surface area contributed by atoms with Crippen molar-refractivity contribution in [3.8, 4) is 11.5 Å². The lowest BCUT2D eigenvalue weighted by molar-refractivity contribution is -0.127. The first-order valence-electron chi connectivity index (χ1n) is 9.09. The van der Waals surface area contributed by atoms with Gasteiger partial charge in [-0.15, -0.1) is 0 Å². The van der Waals surface area contributed by atoms with E-state index in [0.29, 0.717) is 18.7 Å². The lowest BCUT2D eigenvalue weighted by Crippen LogP contribution is -2.49. The Bertz CT molecular complexity index is 619. The molecular weight excluding hydrogens is 304 g/mol. The number of carbonyl (C=O) groups excluding carboxylic acids is 1. The zero-order chi connectivity index (χ0) is 16.5. The number of nitrogens with zero attached hydrogens (tertiary/aromatic N) is 1. The third kappa shape index (κ3) is 2.97. The summed E-state index contributed by atoms with van der Waals surface area (Å²) in [6.45, 7) is 2.77. The van der Waals surface area contributed by atoms with Gasteiger partial charge in [-0.3, -0.25) is 9.69 Å². The Hall–Kier alpha value is -1.75. The summed E-state index contributed by atoms with van der Waals surface area (Å²) in [6, 6.07) is 6.70. The van der Waals surface area contributed by atoms with Gasteiger partial charge in [0, 0.05) is 24.7 Å². The highest BCUT2D eigenvalue weighted by Crippen LogP contribution is 2.32. The van der Waals surface area contributed by atoms with Gasteiger partial charge in [0.1, 0.15) is 18.1 Å². The molecule has 5 heteroatoms. The van der Waals surface area contributed by atoms with Crippen molar-refractivity contribution in [1.82, 2.24) is 10.2 Å². The number of benzene rings is 1. The third-order valence-corrected chi connectivity index (χ3v) is 5.74. The molecule has 130 valence electrons. The van der Waals surface area contributed by atoms with Crippen LogP contribution < -0.4 is 14.8 Å². The first kappa shape index (κ1) is 15.8. The standard InChI is InChI=1S/C19H26N2O3/c1-23-15-6-5-13-10-14(12-24-18(13)11-15)19(22)20-16-7-9-21-8-3-2-4-17(16)21/h5-6,11,14,16-17H,2-4,7-10,12H2,1H3,(H,20,22)/t14-,16-,17+/m1/s1. The molecule has 24 heavy (non-hydrogen) atoms. The van der Waals surface area contributed by atoms with Gasteiger partial charge in [0.2, 0.25) is 5.91 Å². The van der Waals surface area contributed by atoms with Crippen molar-refractivity contribution in [2.75, 3.05) is 26.8 Å². The van der Waals surface area contributed by atoms with Gasteiger partial charge in [0.25, 0.3) is 0 Å². The Morgan fingerprint density at radius 1 is 1.29 bits per heavy atom. The summed E-state index contributed by atoms with van der Waals surface area (Å²) < 4.78 is 11.0. The van der Waals surface area contributed by atoms with Crippen LogP contribution in [0.15, 0.2) is 18.2 Å². The Morgan fingerprint density at radius 3 is 3.08 bits per heavy atom. The number of methoxy groups -OCH3 is 1. The molecule has 0 spiro atoms. The van der Waals surface area contributed by atoms with Gasteiger partial charge >= 0.3 is 0 Å². The molecule has 3 aliphatic heterocycles. The van der Waals surface area contributed by atoms with Gasteiger partial charge in [0.15, 0.2) is 0 Å². The van der Waals surface area contributed by atoms with E-state index in [4.69, 9.17) is 9.47 Å². The van der Waals surface area contributed by atoms with Gasteiger partial charge in [0.05, 0.1) is 13.0 Å². The number of ether oxygens (including phenoxy) is 2. The van der Waals surface area contributed by atoms with Crippen LogP contribution >= 0.6 is 0 Å². The van der Waals surface area contributed by atoms with Crippen molar-refractivity contribution in [3.63, 3.8) is 0 Å². The van der Waals surface area contributed by atoms with Crippen LogP contribution in [0.3, 0.4) is 0 Å². The summed E-state index contributed by atoms with van der Waals surface area (Å²) >= 11 is 0. The highest BCUT2D eigenvalue weighted by molar-refractivity contribution is 5.80. The molecule has 2 fully saturated rings. The number of nitrogens with one attached hydrogen (secondary N) is 1. The van der Waals surface area contributed by atoms with Crippen LogP contribution in [0.5, 0.6) is 11.5 Å². The minimum absolute atomic E-state index is 0.0939. The van der Waals surface area contributed by atoms with E-state index >= 15 is 0 Å². The maximum absolute atomic E-state index is 12.7. The predicted molar refractivity (Wildman–Crippen MR) is 91.4 cm³/mol. The topological polar surface area (TPSA) is 50.8 Å². The molecule has 1 aromatic carbocycles. The fourth-order valence-corrected chi connectivity index (χ4v) is 4.36. The molecule has 0 bridgehead atoms. The van der Waals surface area contributed by atoms with Crippen molar-refractivity contribution >= 4 is 5.91 Å². The first-order valence-corrected chi connectivity index (χ1v) is 9.09. The van der Waals surface area contributed by atoms with E-state index in [1.807, 2.05) is 18.2 Å². The van der Waals surface area contributed by atoms with Gasteiger partial charge in [-0.05, 0) is 43.9 Å². The lowest BCUT2D eigenvalue weighted by Gasteiger charge is -2.33. The molecule has 0 aliphatic carbocycles. The molecule has 5 nitrogen and oxygen atoms in total. The second-order valence-electron chi connectivity index (χ2n) is 7.19. The molecule has 3 aliphatic rings. The monoisotopic (exact) mass is 330 g/mol. The summed E-state index contributed by atoms with van der Waals surface area (Å²) in [7, 11) is 1.65. The Kier molecular flexibility index (Phi) is 4.35. The van der Waals surface area contributed by atoms with E-state index in [1.165, 1.54) is 25.8 Å². The molecule has 0 unspecified atom stereocenters. The minimum Gasteiger partial charge on any atom is -0.497 e. The van der Waals surface area contributed by atoms with Gasteiger partial charge in [-0.25, -0.2) is 0 Å². The second-order valence-corrected chi connectivity index (χ2v) is 7.19. The second kappa shape index (κ2) is 6.63. The molecular formula is C19H26N2O3. The van der Waals surface area contributed by atoms with E-state index in [0.717, 1.165) is 36.4 Å². The zero-order valence-electron chi connectivity index (χ0n) is 14.3. The Balaban J connectivity index is 1.38. The van der Waals surface area contributed by atoms with Crippen molar-refractivity contribution in [1.29, 1.82) is 0 Å². The van der Waals surface area contributed by atoms with Crippen molar-refractivity contribution in [2.45, 2.75) is 44.2 Å². The number of rotatable bonds is 3. The molecule has 3 heterocycles. The van der Waals surface area contributed by atoms with Crippen LogP contribution in [0.4, 0.5) is 0 Å². The van der Waals surface area contributed by atoms with E-state index in [2.05, 4.69) is 10.2 Å². The minimum atomic E-state index is -0.0939. The van der Waals surface area contributed by atoms with Crippen molar-refractivity contribution in [2.24, 2.45) is 5.92 Å². The number of piperidine rings is 1. The molecule has 4 rings (SSSR count). The maximum Gasteiger partial charge on any atom is 0.227 e. The average molecular weight is 330 g/mol. The molecule has 0 saturated carbocycles. The van der Waals surface area contributed by atoms with Crippen LogP contribution in [0, 0.1) is 5.92 Å². The highest BCUT2D eigenvalue weighted by atomic mass is 16.5. The highest BCUT2D eigenvalue weighted by Gasteiger charge is 2.37. The smallest absolute Gasteiger partial charge is 0.227 e. The Labute approximate surface area is 143 Å². The fraction of sp³-hybridized carbons (Fsp3) is 0.632. The number of hydrogen-bond donors (Lipinski definition) is 1. The summed E-state index contributed by atoms with van der Waals surface area (Å²) in [6.07, 6.45) is 5.63. The number of carbonyl (C=O) groups is 1. The van der Waals surface area contributed by atoms with E-state index in [9.17, 15) is 4.79 Å². The molecule has 1 amide bonds. The predicted octanol–water partition coefficient (Wildman–Crippen LogP) is 1.99. The van der Waals surface area contributed by atoms with Crippen molar-refractivity contribution < 1.29 is 14.3 Å². The zero-order valence-corrected chi connectivity index (χ0v) is 14.3. The number of fused-ring (bicyclic) bond motifs is 2. The van der Waals surface area contributed by atoms with Crippen molar-refractivity contribution in [3.05, 3.63) is 23.8 Å². The lowest BCUT2D eigenvalue weighted by atomic mass is 9.94. The van der Waals surface area contributed by atoms with Crippen LogP contribution in [-0.4, -0.2) is 49.7 Å². The summed E-state index contributed by atoms with van der Waals surface area (Å²) in [5.41, 5.74) is 1.09. The normalized spacial score (nSPS) is 29.3. The fourth-order valence-electron chi connectivity index (χ4n) is 4.36. The van der Waals surface area contributed by atoms with Gasteiger partial charge in [-0.1, -0.05) is 12.5 Å². The van der Waals surface area contributed by atoms with Gasteiger partial charge in [-0.2, -0.15) is 0 Å². The first-order chi connectivity index (χ1) is 11.7. The van der Waals surface area contributed by atoms with E-state index < -0.39 is 0 Å². The summed E-state index contributed by atoms with van der Waals surface area (Å²) in [5, 5.41) is 3.32. The van der Waals surface area contributed by atoms with Crippen LogP contribution in [0.25, 0.3) is 0 Å². The quantitative estimate of drug-likeness (QED) is 0.921. The maximum atomic E-state index is 12.7. The Morgan fingerprint density at radius 2 is 2.21 bits per heavy atom. The number of amides is 1. The summed E-state index contributed by atoms with van der Waals surface area (Å²) in [5.74, 6) is 1.69. The molecule has 2 saturated heterocycles. The molecule has 0 aromatic heterocycles. The molecule has 3 atom stereocenters.